The summed E-state index contributed by atoms with van der Waals surface area (Å²) in [5.41, 5.74) is 1.20. The second-order valence-electron chi connectivity index (χ2n) is 8.83. The number of hydrogen-bond acceptors (Lipinski definition) is 3. The highest BCUT2D eigenvalue weighted by atomic mass is 16.2. The number of aromatic nitrogens is 2. The van der Waals surface area contributed by atoms with Crippen molar-refractivity contribution in [2.75, 3.05) is 32.7 Å². The number of carbonyl (C=O) groups is 1. The molecule has 5 nitrogen and oxygen atoms in total. The molecular formula is C21H36N4O. The summed E-state index contributed by atoms with van der Waals surface area (Å²) >= 11 is 0. The number of amides is 1. The maximum atomic E-state index is 12.7. The summed E-state index contributed by atoms with van der Waals surface area (Å²) in [4.78, 5) is 17.1. The zero-order chi connectivity index (χ0) is 18.7. The molecule has 26 heavy (non-hydrogen) atoms. The summed E-state index contributed by atoms with van der Waals surface area (Å²) < 4.78 is 2.04. The Morgan fingerprint density at radius 1 is 1.08 bits per heavy atom. The van der Waals surface area contributed by atoms with Gasteiger partial charge >= 0.3 is 0 Å². The van der Waals surface area contributed by atoms with Crippen LogP contribution in [0.4, 0.5) is 0 Å². The quantitative estimate of drug-likeness (QED) is 0.806. The van der Waals surface area contributed by atoms with Gasteiger partial charge in [0.2, 0.25) is 5.91 Å². The van der Waals surface area contributed by atoms with E-state index in [-0.39, 0.29) is 0 Å². The van der Waals surface area contributed by atoms with Gasteiger partial charge in [0.1, 0.15) is 0 Å². The fourth-order valence-electron chi connectivity index (χ4n) is 4.35. The van der Waals surface area contributed by atoms with E-state index in [0.29, 0.717) is 24.4 Å². The van der Waals surface area contributed by atoms with Gasteiger partial charge < -0.3 is 4.90 Å². The molecular weight excluding hydrogens is 324 g/mol. The van der Waals surface area contributed by atoms with Crippen molar-refractivity contribution >= 4 is 5.91 Å². The van der Waals surface area contributed by atoms with Gasteiger partial charge in [-0.15, -0.1) is 0 Å². The molecule has 1 aromatic rings. The van der Waals surface area contributed by atoms with Crippen molar-refractivity contribution in [2.24, 2.45) is 11.8 Å². The van der Waals surface area contributed by atoms with Crippen molar-refractivity contribution in [2.45, 2.75) is 65.3 Å². The van der Waals surface area contributed by atoms with Crippen molar-refractivity contribution in [1.82, 2.24) is 19.6 Å². The number of nitrogens with zero attached hydrogens (tertiary/aromatic N) is 4. The van der Waals surface area contributed by atoms with Gasteiger partial charge in [-0.1, -0.05) is 13.8 Å². The number of likely N-dealkylation sites (tertiary alicyclic amines) is 2. The smallest absolute Gasteiger partial charge is 0.236 e. The third-order valence-corrected chi connectivity index (χ3v) is 6.36. The van der Waals surface area contributed by atoms with Crippen LogP contribution in [0.15, 0.2) is 12.3 Å². The van der Waals surface area contributed by atoms with Crippen molar-refractivity contribution in [1.29, 1.82) is 0 Å². The molecule has 2 saturated heterocycles. The summed E-state index contributed by atoms with van der Waals surface area (Å²) in [6.45, 7) is 13.5. The minimum atomic E-state index is 0.319. The van der Waals surface area contributed by atoms with Crippen LogP contribution in [0.2, 0.25) is 0 Å². The summed E-state index contributed by atoms with van der Waals surface area (Å²) in [6, 6.07) is 2.56. The maximum Gasteiger partial charge on any atom is 0.236 e. The van der Waals surface area contributed by atoms with Gasteiger partial charge in [0.05, 0.1) is 12.2 Å². The van der Waals surface area contributed by atoms with E-state index in [1.807, 2.05) is 4.68 Å². The maximum absolute atomic E-state index is 12.7. The van der Waals surface area contributed by atoms with Gasteiger partial charge in [0.15, 0.2) is 0 Å². The van der Waals surface area contributed by atoms with E-state index in [9.17, 15) is 4.79 Å². The SMILES string of the molecule is CC(C)C1CCN(CC(=O)N2CCC(c3ccn(C(C)C)n3)CC2)CC1. The molecule has 3 heterocycles. The third kappa shape index (κ3) is 4.67. The van der Waals surface area contributed by atoms with Crippen LogP contribution in [0.5, 0.6) is 0 Å². The fraction of sp³-hybridized carbons (Fsp3) is 0.810. The van der Waals surface area contributed by atoms with E-state index >= 15 is 0 Å². The van der Waals surface area contributed by atoms with Gasteiger partial charge in [0.25, 0.3) is 0 Å². The van der Waals surface area contributed by atoms with Crippen LogP contribution in [-0.2, 0) is 4.79 Å². The zero-order valence-electron chi connectivity index (χ0n) is 17.0. The molecule has 146 valence electrons. The Morgan fingerprint density at radius 2 is 1.73 bits per heavy atom. The molecule has 3 rings (SSSR count). The van der Waals surface area contributed by atoms with Crippen LogP contribution < -0.4 is 0 Å². The lowest BCUT2D eigenvalue weighted by Gasteiger charge is -2.36. The molecule has 0 N–H and O–H groups in total. The predicted octanol–water partition coefficient (Wildman–Crippen LogP) is 3.54. The minimum Gasteiger partial charge on any atom is -0.342 e. The lowest BCUT2D eigenvalue weighted by atomic mass is 9.87. The van der Waals surface area contributed by atoms with Crippen LogP contribution in [-0.4, -0.2) is 58.2 Å². The molecule has 0 aliphatic carbocycles. The van der Waals surface area contributed by atoms with E-state index in [1.165, 1.54) is 18.5 Å². The lowest BCUT2D eigenvalue weighted by Crippen LogP contribution is -2.46. The average molecular weight is 361 g/mol. The largest absolute Gasteiger partial charge is 0.342 e. The summed E-state index contributed by atoms with van der Waals surface area (Å²) in [6.07, 6.45) is 6.64. The molecule has 2 aliphatic heterocycles. The Bertz CT molecular complexity index is 579. The van der Waals surface area contributed by atoms with Gasteiger partial charge in [0, 0.05) is 31.2 Å². The first-order chi connectivity index (χ1) is 12.4. The monoisotopic (exact) mass is 360 g/mol. The van der Waals surface area contributed by atoms with Crippen molar-refractivity contribution in [3.05, 3.63) is 18.0 Å². The van der Waals surface area contributed by atoms with Crippen molar-refractivity contribution in [3.63, 3.8) is 0 Å². The Morgan fingerprint density at radius 3 is 2.27 bits per heavy atom. The number of hydrogen-bond donors (Lipinski definition) is 0. The molecule has 2 aliphatic rings. The van der Waals surface area contributed by atoms with Gasteiger partial charge in [-0.3, -0.25) is 14.4 Å². The molecule has 0 saturated carbocycles. The Labute approximate surface area is 158 Å². The highest BCUT2D eigenvalue weighted by molar-refractivity contribution is 5.78. The van der Waals surface area contributed by atoms with E-state index in [2.05, 4.69) is 49.8 Å². The zero-order valence-corrected chi connectivity index (χ0v) is 17.0. The van der Waals surface area contributed by atoms with Crippen molar-refractivity contribution < 1.29 is 4.79 Å². The van der Waals surface area contributed by atoms with Crippen molar-refractivity contribution in [3.8, 4) is 0 Å². The molecule has 0 unspecified atom stereocenters. The van der Waals surface area contributed by atoms with E-state index in [1.54, 1.807) is 0 Å². The second-order valence-corrected chi connectivity index (χ2v) is 8.83. The first kappa shape index (κ1) is 19.4. The molecule has 2 fully saturated rings. The number of rotatable bonds is 5. The highest BCUT2D eigenvalue weighted by Crippen LogP contribution is 2.28. The predicted molar refractivity (Wildman–Crippen MR) is 105 cm³/mol. The molecule has 0 bridgehead atoms. The fourth-order valence-corrected chi connectivity index (χ4v) is 4.35. The molecule has 0 radical (unpaired) electrons. The van der Waals surface area contributed by atoms with Gasteiger partial charge in [-0.05, 0) is 70.5 Å². The van der Waals surface area contributed by atoms with Crippen LogP contribution >= 0.6 is 0 Å². The first-order valence-electron chi connectivity index (χ1n) is 10.5. The van der Waals surface area contributed by atoms with Crippen LogP contribution in [0.25, 0.3) is 0 Å². The molecule has 0 atom stereocenters. The third-order valence-electron chi connectivity index (χ3n) is 6.36. The molecule has 0 aromatic carbocycles. The minimum absolute atomic E-state index is 0.319. The summed E-state index contributed by atoms with van der Waals surface area (Å²) in [5.74, 6) is 2.42. The second kappa shape index (κ2) is 8.55. The van der Waals surface area contributed by atoms with E-state index < -0.39 is 0 Å². The Balaban J connectivity index is 1.43. The highest BCUT2D eigenvalue weighted by Gasteiger charge is 2.28. The van der Waals surface area contributed by atoms with E-state index in [4.69, 9.17) is 5.10 Å². The Hall–Kier alpha value is -1.36. The topological polar surface area (TPSA) is 41.4 Å². The number of carbonyl (C=O) groups excluding carboxylic acids is 1. The molecule has 5 heteroatoms. The Kier molecular flexibility index (Phi) is 6.38. The number of piperidine rings is 2. The van der Waals surface area contributed by atoms with Gasteiger partial charge in [-0.25, -0.2) is 0 Å². The van der Waals surface area contributed by atoms with Crippen LogP contribution in [0.3, 0.4) is 0 Å². The standard InChI is InChI=1S/C21H36N4O/c1-16(2)18-5-10-23(11-6-18)15-21(26)24-12-7-19(8-13-24)20-9-14-25(22-20)17(3)4/h9,14,16-19H,5-8,10-13,15H2,1-4H3. The lowest BCUT2D eigenvalue weighted by molar-refractivity contribution is -0.133. The molecule has 0 spiro atoms. The van der Waals surface area contributed by atoms with Crippen LogP contribution in [0, 0.1) is 11.8 Å². The normalized spacial score (nSPS) is 21.1. The molecule has 1 amide bonds. The first-order valence-corrected chi connectivity index (χ1v) is 10.5. The van der Waals surface area contributed by atoms with Crippen LogP contribution in [0.1, 0.15) is 71.0 Å². The van der Waals surface area contributed by atoms with E-state index in [0.717, 1.165) is 50.9 Å². The summed E-state index contributed by atoms with van der Waals surface area (Å²) in [7, 11) is 0. The molecule has 1 aromatic heterocycles. The van der Waals surface area contributed by atoms with Gasteiger partial charge in [-0.2, -0.15) is 5.10 Å². The average Bonchev–Trinajstić information content (AvgIpc) is 3.13. The summed E-state index contributed by atoms with van der Waals surface area (Å²) in [5, 5.41) is 4.72.